The zero-order valence-corrected chi connectivity index (χ0v) is 23.4. The smallest absolute Gasteiger partial charge is 0.252 e. The molecule has 3 N–H and O–H groups in total. The van der Waals surface area contributed by atoms with Crippen molar-refractivity contribution in [2.75, 3.05) is 25.7 Å². The summed E-state index contributed by atoms with van der Waals surface area (Å²) in [4.78, 5) is 40.0. The minimum Gasteiger partial charge on any atom is -0.493 e. The van der Waals surface area contributed by atoms with Gasteiger partial charge in [0.25, 0.3) is 5.91 Å². The molecule has 2 atom stereocenters. The van der Waals surface area contributed by atoms with Crippen LogP contribution in [0.5, 0.6) is 11.5 Å². The van der Waals surface area contributed by atoms with Crippen LogP contribution in [0.25, 0.3) is 0 Å². The number of methoxy groups -OCH3 is 1. The second-order valence-corrected chi connectivity index (χ2v) is 10.3. The number of aromatic nitrogens is 3. The van der Waals surface area contributed by atoms with Crippen molar-refractivity contribution in [3.8, 4) is 11.5 Å². The molecule has 2 heterocycles. The molecule has 40 heavy (non-hydrogen) atoms. The van der Waals surface area contributed by atoms with E-state index < -0.39 is 23.9 Å². The van der Waals surface area contributed by atoms with Crippen molar-refractivity contribution < 1.29 is 23.9 Å². The number of nitrogens with zero attached hydrogens (tertiary/aromatic N) is 3. The maximum absolute atomic E-state index is 13.5. The van der Waals surface area contributed by atoms with Gasteiger partial charge in [-0.05, 0) is 42.2 Å². The summed E-state index contributed by atoms with van der Waals surface area (Å²) in [5, 5.41) is 16.9. The fourth-order valence-electron chi connectivity index (χ4n) is 4.25. The van der Waals surface area contributed by atoms with Gasteiger partial charge in [0.15, 0.2) is 11.5 Å². The Balaban J connectivity index is 1.63. The van der Waals surface area contributed by atoms with Gasteiger partial charge in [-0.15, -0.1) is 5.10 Å². The fraction of sp³-hybridized carbons (Fsp3) is 0.393. The Bertz CT molecular complexity index is 1300. The molecule has 1 aliphatic rings. The summed E-state index contributed by atoms with van der Waals surface area (Å²) in [6, 6.07) is 12.6. The molecular formula is C28H34N6O5S. The quantitative estimate of drug-likeness (QED) is 0.412. The standard InChI is InChI=1S/C28H34N6O5S/c1-38-24-10-9-20-16-25(24)39-13-6-12-34-18-21(32-33-34)17-29-27(36)23(15-19-7-4-3-5-8-19)31-28(37)22(11-14-40-2)30-26(20)35/h3-5,7-10,16,18,22-23H,6,11-15,17H2,1-2H3,(H,29,36)(H,30,35)(H,31,37)/t22-,23+/m0/s1. The molecule has 1 aliphatic heterocycles. The van der Waals surface area contributed by atoms with Crippen LogP contribution in [-0.2, 0) is 29.1 Å². The number of carbonyl (C=O) groups excluding carboxylic acids is 3. The lowest BCUT2D eigenvalue weighted by atomic mass is 10.0. The summed E-state index contributed by atoms with van der Waals surface area (Å²) in [6.07, 6.45) is 5.00. The van der Waals surface area contributed by atoms with Crippen molar-refractivity contribution >= 4 is 29.5 Å². The largest absolute Gasteiger partial charge is 0.493 e. The molecule has 0 aliphatic carbocycles. The van der Waals surface area contributed by atoms with Crippen LogP contribution in [-0.4, -0.2) is 70.5 Å². The number of hydrogen-bond acceptors (Lipinski definition) is 8. The van der Waals surface area contributed by atoms with Crippen molar-refractivity contribution in [3.05, 3.63) is 71.5 Å². The second-order valence-electron chi connectivity index (χ2n) is 9.32. The highest BCUT2D eigenvalue weighted by Gasteiger charge is 2.27. The van der Waals surface area contributed by atoms with Crippen molar-refractivity contribution in [1.82, 2.24) is 30.9 Å². The Morgan fingerprint density at radius 1 is 1.07 bits per heavy atom. The number of benzene rings is 2. The van der Waals surface area contributed by atoms with Gasteiger partial charge in [-0.3, -0.25) is 19.1 Å². The predicted octanol–water partition coefficient (Wildman–Crippen LogP) is 1.96. The highest BCUT2D eigenvalue weighted by molar-refractivity contribution is 7.98. The molecular weight excluding hydrogens is 532 g/mol. The zero-order chi connectivity index (χ0) is 28.3. The first-order valence-corrected chi connectivity index (χ1v) is 14.5. The molecule has 4 rings (SSSR count). The maximum Gasteiger partial charge on any atom is 0.252 e. The van der Waals surface area contributed by atoms with Crippen LogP contribution in [0.1, 0.15) is 34.5 Å². The highest BCUT2D eigenvalue weighted by Crippen LogP contribution is 2.28. The first kappa shape index (κ1) is 28.9. The van der Waals surface area contributed by atoms with E-state index in [9.17, 15) is 14.4 Å². The lowest BCUT2D eigenvalue weighted by Crippen LogP contribution is -2.54. The molecule has 0 saturated carbocycles. The number of hydrogen-bond donors (Lipinski definition) is 3. The third-order valence-electron chi connectivity index (χ3n) is 6.39. The minimum absolute atomic E-state index is 0.159. The van der Waals surface area contributed by atoms with Crippen LogP contribution in [0.3, 0.4) is 0 Å². The Morgan fingerprint density at radius 3 is 2.67 bits per heavy atom. The lowest BCUT2D eigenvalue weighted by molar-refractivity contribution is -0.130. The number of ether oxygens (including phenoxy) is 2. The van der Waals surface area contributed by atoms with Gasteiger partial charge in [-0.25, -0.2) is 0 Å². The molecule has 212 valence electrons. The molecule has 12 heteroatoms. The molecule has 3 aromatic rings. The number of amides is 3. The normalized spacial score (nSPS) is 18.7. The van der Waals surface area contributed by atoms with E-state index in [1.165, 1.54) is 7.11 Å². The average Bonchev–Trinajstić information content (AvgIpc) is 3.43. The van der Waals surface area contributed by atoms with Crippen molar-refractivity contribution in [1.29, 1.82) is 0 Å². The Kier molecular flexibility index (Phi) is 10.4. The number of thioether (sulfide) groups is 1. The van der Waals surface area contributed by atoms with Gasteiger partial charge in [0.05, 0.1) is 26.5 Å². The van der Waals surface area contributed by atoms with Crippen molar-refractivity contribution in [3.63, 3.8) is 0 Å². The number of nitrogens with one attached hydrogen (secondary N) is 3. The summed E-state index contributed by atoms with van der Waals surface area (Å²) in [7, 11) is 1.53. The summed E-state index contributed by atoms with van der Waals surface area (Å²) < 4.78 is 13.0. The van der Waals surface area contributed by atoms with E-state index in [4.69, 9.17) is 9.47 Å². The van der Waals surface area contributed by atoms with E-state index in [0.717, 1.165) is 5.56 Å². The fourth-order valence-corrected chi connectivity index (χ4v) is 4.72. The van der Waals surface area contributed by atoms with Crippen molar-refractivity contribution in [2.45, 2.75) is 44.4 Å². The van der Waals surface area contributed by atoms with Crippen LogP contribution < -0.4 is 25.4 Å². The van der Waals surface area contributed by atoms with Crippen LogP contribution in [0.4, 0.5) is 0 Å². The van der Waals surface area contributed by atoms with Gasteiger partial charge in [0, 0.05) is 24.9 Å². The second kappa shape index (κ2) is 14.4. The summed E-state index contributed by atoms with van der Waals surface area (Å²) >= 11 is 1.56. The number of rotatable bonds is 6. The number of carbonyl (C=O) groups is 3. The van der Waals surface area contributed by atoms with Crippen LogP contribution in [0, 0.1) is 0 Å². The summed E-state index contributed by atoms with van der Waals surface area (Å²) in [5.74, 6) is 0.344. The molecule has 1 aromatic heterocycles. The molecule has 0 radical (unpaired) electrons. The maximum atomic E-state index is 13.5. The predicted molar refractivity (Wildman–Crippen MR) is 151 cm³/mol. The van der Waals surface area contributed by atoms with Crippen LogP contribution in [0.2, 0.25) is 0 Å². The van der Waals surface area contributed by atoms with Crippen LogP contribution >= 0.6 is 11.8 Å². The van der Waals surface area contributed by atoms with Gasteiger partial charge < -0.3 is 25.4 Å². The SMILES string of the molecule is COc1ccc2cc1OCCCn1cc(nn1)CNC(=O)[C@@H](Cc1ccccc1)NC(=O)[C@H](CCSC)NC2=O. The van der Waals surface area contributed by atoms with E-state index in [-0.39, 0.29) is 18.9 Å². The van der Waals surface area contributed by atoms with E-state index in [1.807, 2.05) is 36.6 Å². The summed E-state index contributed by atoms with van der Waals surface area (Å²) in [5.41, 5.74) is 1.81. The molecule has 11 nitrogen and oxygen atoms in total. The first-order chi connectivity index (χ1) is 19.5. The van der Waals surface area contributed by atoms with E-state index in [0.29, 0.717) is 54.5 Å². The molecule has 0 unspecified atom stereocenters. The molecule has 0 fully saturated rings. The Hall–Kier alpha value is -4.06. The summed E-state index contributed by atoms with van der Waals surface area (Å²) in [6.45, 7) is 1.06. The molecule has 3 amide bonds. The number of aryl methyl sites for hydroxylation is 1. The Morgan fingerprint density at radius 2 is 1.90 bits per heavy atom. The third-order valence-corrected chi connectivity index (χ3v) is 7.04. The Labute approximate surface area is 237 Å². The van der Waals surface area contributed by atoms with Crippen molar-refractivity contribution in [2.24, 2.45) is 0 Å². The van der Waals surface area contributed by atoms with Gasteiger partial charge in [-0.2, -0.15) is 11.8 Å². The average molecular weight is 567 g/mol. The van der Waals surface area contributed by atoms with E-state index in [1.54, 1.807) is 40.8 Å². The van der Waals surface area contributed by atoms with Gasteiger partial charge >= 0.3 is 0 Å². The first-order valence-electron chi connectivity index (χ1n) is 13.1. The van der Waals surface area contributed by atoms with Crippen LogP contribution in [0.15, 0.2) is 54.7 Å². The topological polar surface area (TPSA) is 136 Å². The minimum atomic E-state index is -0.860. The molecule has 4 bridgehead atoms. The number of fused-ring (bicyclic) bond motifs is 4. The zero-order valence-electron chi connectivity index (χ0n) is 22.6. The van der Waals surface area contributed by atoms with Gasteiger partial charge in [-0.1, -0.05) is 35.5 Å². The monoisotopic (exact) mass is 566 g/mol. The van der Waals surface area contributed by atoms with Gasteiger partial charge in [0.1, 0.15) is 17.8 Å². The van der Waals surface area contributed by atoms with E-state index in [2.05, 4.69) is 26.3 Å². The highest BCUT2D eigenvalue weighted by atomic mass is 32.2. The van der Waals surface area contributed by atoms with E-state index >= 15 is 0 Å². The lowest BCUT2D eigenvalue weighted by Gasteiger charge is -2.23. The van der Waals surface area contributed by atoms with Gasteiger partial charge in [0.2, 0.25) is 11.8 Å². The molecule has 0 saturated heterocycles. The molecule has 0 spiro atoms. The third kappa shape index (κ3) is 7.98. The molecule has 2 aromatic carbocycles.